The summed E-state index contributed by atoms with van der Waals surface area (Å²) in [4.78, 5) is 11.6. The molecule has 2 bridgehead atoms. The SMILES string of the molecule is CCCCOC(=O)C1=CC2CCC1C2. The van der Waals surface area contributed by atoms with Crippen LogP contribution < -0.4 is 0 Å². The molecule has 0 saturated heterocycles. The summed E-state index contributed by atoms with van der Waals surface area (Å²) in [5.41, 5.74) is 0.970. The Hall–Kier alpha value is -0.790. The number of hydrogen-bond donors (Lipinski definition) is 0. The number of rotatable bonds is 4. The molecule has 2 unspecified atom stereocenters. The van der Waals surface area contributed by atoms with Crippen LogP contribution in [0.15, 0.2) is 11.6 Å². The minimum absolute atomic E-state index is 0.0503. The van der Waals surface area contributed by atoms with Crippen molar-refractivity contribution in [3.8, 4) is 0 Å². The molecular weight excluding hydrogens is 176 g/mol. The zero-order chi connectivity index (χ0) is 9.97. The normalized spacial score (nSPS) is 29.1. The van der Waals surface area contributed by atoms with E-state index in [1.54, 1.807) is 0 Å². The monoisotopic (exact) mass is 194 g/mol. The van der Waals surface area contributed by atoms with Gasteiger partial charge in [-0.3, -0.25) is 0 Å². The molecule has 2 aliphatic carbocycles. The molecule has 0 aromatic carbocycles. The first-order valence-corrected chi connectivity index (χ1v) is 5.70. The number of allylic oxidation sites excluding steroid dienone is 1. The van der Waals surface area contributed by atoms with Crippen LogP contribution in [0.5, 0.6) is 0 Å². The highest BCUT2D eigenvalue weighted by Gasteiger charge is 2.36. The maximum atomic E-state index is 11.6. The van der Waals surface area contributed by atoms with E-state index in [1.807, 2.05) is 0 Å². The quantitative estimate of drug-likeness (QED) is 0.508. The van der Waals surface area contributed by atoms with E-state index in [9.17, 15) is 4.79 Å². The van der Waals surface area contributed by atoms with Crippen LogP contribution in [0.1, 0.15) is 39.0 Å². The molecular formula is C12H18O2. The Morgan fingerprint density at radius 1 is 1.57 bits per heavy atom. The lowest BCUT2D eigenvalue weighted by Crippen LogP contribution is -2.13. The Bertz CT molecular complexity index is 255. The first-order valence-electron chi connectivity index (χ1n) is 5.70. The molecule has 2 rings (SSSR count). The highest BCUT2D eigenvalue weighted by molar-refractivity contribution is 5.89. The largest absolute Gasteiger partial charge is 0.462 e. The van der Waals surface area contributed by atoms with Crippen molar-refractivity contribution in [2.24, 2.45) is 11.8 Å². The van der Waals surface area contributed by atoms with Crippen molar-refractivity contribution < 1.29 is 9.53 Å². The molecule has 0 radical (unpaired) electrons. The summed E-state index contributed by atoms with van der Waals surface area (Å²) < 4.78 is 5.21. The van der Waals surface area contributed by atoms with E-state index >= 15 is 0 Å². The van der Waals surface area contributed by atoms with Crippen LogP contribution in [0.2, 0.25) is 0 Å². The molecule has 78 valence electrons. The lowest BCUT2D eigenvalue weighted by molar-refractivity contribution is -0.139. The minimum Gasteiger partial charge on any atom is -0.462 e. The van der Waals surface area contributed by atoms with Gasteiger partial charge >= 0.3 is 5.97 Å². The zero-order valence-corrected chi connectivity index (χ0v) is 8.79. The molecule has 2 nitrogen and oxygen atoms in total. The van der Waals surface area contributed by atoms with Gasteiger partial charge in [-0.2, -0.15) is 0 Å². The van der Waals surface area contributed by atoms with E-state index in [4.69, 9.17) is 4.74 Å². The third-order valence-electron chi connectivity index (χ3n) is 3.30. The van der Waals surface area contributed by atoms with Gasteiger partial charge in [0.25, 0.3) is 0 Å². The fourth-order valence-corrected chi connectivity index (χ4v) is 2.47. The maximum Gasteiger partial charge on any atom is 0.333 e. The van der Waals surface area contributed by atoms with Crippen molar-refractivity contribution in [2.45, 2.75) is 39.0 Å². The average Bonchev–Trinajstić information content (AvgIpc) is 2.79. The van der Waals surface area contributed by atoms with E-state index in [0.29, 0.717) is 18.4 Å². The van der Waals surface area contributed by atoms with Crippen molar-refractivity contribution in [3.05, 3.63) is 11.6 Å². The molecule has 1 saturated carbocycles. The van der Waals surface area contributed by atoms with E-state index in [-0.39, 0.29) is 5.97 Å². The van der Waals surface area contributed by atoms with Crippen LogP contribution in [0.25, 0.3) is 0 Å². The number of esters is 1. The fourth-order valence-electron chi connectivity index (χ4n) is 2.47. The van der Waals surface area contributed by atoms with Gasteiger partial charge in [0.2, 0.25) is 0 Å². The smallest absolute Gasteiger partial charge is 0.333 e. The van der Waals surface area contributed by atoms with Crippen molar-refractivity contribution in [2.75, 3.05) is 6.61 Å². The van der Waals surface area contributed by atoms with Gasteiger partial charge in [0.05, 0.1) is 6.61 Å². The van der Waals surface area contributed by atoms with Gasteiger partial charge in [-0.25, -0.2) is 4.79 Å². The van der Waals surface area contributed by atoms with Crippen LogP contribution in [0, 0.1) is 11.8 Å². The average molecular weight is 194 g/mol. The molecule has 0 amide bonds. The van der Waals surface area contributed by atoms with E-state index < -0.39 is 0 Å². The molecule has 2 aliphatic rings. The van der Waals surface area contributed by atoms with Crippen molar-refractivity contribution in [1.82, 2.24) is 0 Å². The summed E-state index contributed by atoms with van der Waals surface area (Å²) in [5, 5.41) is 0. The van der Waals surface area contributed by atoms with Crippen molar-refractivity contribution >= 4 is 5.97 Å². The van der Waals surface area contributed by atoms with Crippen LogP contribution >= 0.6 is 0 Å². The van der Waals surface area contributed by atoms with Gasteiger partial charge in [-0.15, -0.1) is 0 Å². The lowest BCUT2D eigenvalue weighted by Gasteiger charge is -2.12. The Morgan fingerprint density at radius 2 is 2.43 bits per heavy atom. The Balaban J connectivity index is 1.84. The van der Waals surface area contributed by atoms with Gasteiger partial charge < -0.3 is 4.74 Å². The molecule has 14 heavy (non-hydrogen) atoms. The molecule has 1 fully saturated rings. The molecule has 2 heteroatoms. The number of hydrogen-bond acceptors (Lipinski definition) is 2. The topological polar surface area (TPSA) is 26.3 Å². The number of fused-ring (bicyclic) bond motifs is 2. The number of ether oxygens (including phenoxy) is 1. The van der Waals surface area contributed by atoms with Crippen molar-refractivity contribution in [1.29, 1.82) is 0 Å². The van der Waals surface area contributed by atoms with E-state index in [0.717, 1.165) is 18.4 Å². The van der Waals surface area contributed by atoms with Crippen molar-refractivity contribution in [3.63, 3.8) is 0 Å². The summed E-state index contributed by atoms with van der Waals surface area (Å²) >= 11 is 0. The Morgan fingerprint density at radius 3 is 3.00 bits per heavy atom. The van der Waals surface area contributed by atoms with E-state index in [2.05, 4.69) is 13.0 Å². The van der Waals surface area contributed by atoms with Gasteiger partial charge in [0.15, 0.2) is 0 Å². The zero-order valence-electron chi connectivity index (χ0n) is 8.79. The predicted octanol–water partition coefficient (Wildman–Crippen LogP) is 2.69. The number of carbonyl (C=O) groups is 1. The third kappa shape index (κ3) is 1.84. The fraction of sp³-hybridized carbons (Fsp3) is 0.750. The molecule has 0 spiro atoms. The molecule has 0 N–H and O–H groups in total. The molecule has 0 aliphatic heterocycles. The van der Waals surface area contributed by atoms with Gasteiger partial charge in [-0.05, 0) is 37.5 Å². The Kier molecular flexibility index (Phi) is 2.90. The second-order valence-corrected chi connectivity index (χ2v) is 4.38. The third-order valence-corrected chi connectivity index (χ3v) is 3.30. The molecule has 0 aromatic rings. The second-order valence-electron chi connectivity index (χ2n) is 4.38. The first-order chi connectivity index (χ1) is 6.81. The summed E-state index contributed by atoms with van der Waals surface area (Å²) in [6, 6.07) is 0. The van der Waals surface area contributed by atoms with Crippen LogP contribution in [0.3, 0.4) is 0 Å². The second kappa shape index (κ2) is 4.16. The number of unbranched alkanes of at least 4 members (excludes halogenated alkanes) is 1. The summed E-state index contributed by atoms with van der Waals surface area (Å²) in [6.07, 6.45) is 7.86. The maximum absolute atomic E-state index is 11.6. The predicted molar refractivity (Wildman–Crippen MR) is 54.8 cm³/mol. The minimum atomic E-state index is -0.0503. The van der Waals surface area contributed by atoms with Gasteiger partial charge in [0.1, 0.15) is 0 Å². The summed E-state index contributed by atoms with van der Waals surface area (Å²) in [5.74, 6) is 1.15. The Labute approximate surface area is 85.3 Å². The van der Waals surface area contributed by atoms with Crippen LogP contribution in [-0.4, -0.2) is 12.6 Å². The summed E-state index contributed by atoms with van der Waals surface area (Å²) in [6.45, 7) is 2.69. The van der Waals surface area contributed by atoms with Crippen LogP contribution in [0.4, 0.5) is 0 Å². The lowest BCUT2D eigenvalue weighted by atomic mass is 9.99. The molecule has 0 aromatic heterocycles. The summed E-state index contributed by atoms with van der Waals surface area (Å²) in [7, 11) is 0. The highest BCUT2D eigenvalue weighted by atomic mass is 16.5. The molecule has 0 heterocycles. The van der Waals surface area contributed by atoms with Gasteiger partial charge in [-0.1, -0.05) is 19.4 Å². The molecule has 2 atom stereocenters. The first kappa shape index (κ1) is 9.75. The highest BCUT2D eigenvalue weighted by Crippen LogP contribution is 2.43. The number of carbonyl (C=O) groups excluding carboxylic acids is 1. The van der Waals surface area contributed by atoms with Crippen LogP contribution in [-0.2, 0) is 9.53 Å². The van der Waals surface area contributed by atoms with Gasteiger partial charge in [0, 0.05) is 5.57 Å². The van der Waals surface area contributed by atoms with E-state index in [1.165, 1.54) is 19.3 Å². The standard InChI is InChI=1S/C12H18O2/c1-2-3-6-14-12(13)11-8-9-4-5-10(11)7-9/h8-10H,2-7H2,1H3.